The molecule has 0 heterocycles. The van der Waals surface area contributed by atoms with Gasteiger partial charge in [-0.2, -0.15) is 0 Å². The van der Waals surface area contributed by atoms with E-state index in [1.807, 2.05) is 0 Å². The van der Waals surface area contributed by atoms with E-state index in [1.54, 1.807) is 0 Å². The van der Waals surface area contributed by atoms with Gasteiger partial charge in [-0.3, -0.25) is 0 Å². The van der Waals surface area contributed by atoms with Crippen molar-refractivity contribution in [1.82, 2.24) is 4.90 Å². The van der Waals surface area contributed by atoms with E-state index in [9.17, 15) is 0 Å². The molecule has 0 saturated carbocycles. The molecule has 0 aliphatic carbocycles. The molecular formula is C13H29NO. The van der Waals surface area contributed by atoms with E-state index in [0.717, 1.165) is 32.0 Å². The van der Waals surface area contributed by atoms with E-state index in [1.165, 1.54) is 12.8 Å². The number of likely N-dealkylation sites (N-methyl/N-ethyl adjacent to an activating group) is 1. The smallest absolute Gasteiger partial charge is 0.0699 e. The van der Waals surface area contributed by atoms with Crippen LogP contribution in [0.2, 0.25) is 0 Å². The Kier molecular flexibility index (Phi) is 9.12. The highest BCUT2D eigenvalue weighted by Gasteiger charge is 2.10. The molecule has 0 saturated heterocycles. The Morgan fingerprint density at radius 3 is 2.27 bits per heavy atom. The van der Waals surface area contributed by atoms with E-state index >= 15 is 0 Å². The van der Waals surface area contributed by atoms with E-state index in [2.05, 4.69) is 39.6 Å². The molecule has 15 heavy (non-hydrogen) atoms. The van der Waals surface area contributed by atoms with Gasteiger partial charge in [-0.05, 0) is 25.8 Å². The van der Waals surface area contributed by atoms with Crippen molar-refractivity contribution in [2.24, 2.45) is 5.92 Å². The fourth-order valence-corrected chi connectivity index (χ4v) is 1.74. The van der Waals surface area contributed by atoms with Gasteiger partial charge in [-0.1, -0.05) is 34.1 Å². The van der Waals surface area contributed by atoms with Gasteiger partial charge in [0.25, 0.3) is 0 Å². The van der Waals surface area contributed by atoms with Crippen molar-refractivity contribution in [2.75, 3.05) is 26.7 Å². The maximum Gasteiger partial charge on any atom is 0.0699 e. The summed E-state index contributed by atoms with van der Waals surface area (Å²) < 4.78 is 5.84. The van der Waals surface area contributed by atoms with Crippen LogP contribution >= 0.6 is 0 Å². The van der Waals surface area contributed by atoms with Crippen LogP contribution in [-0.4, -0.2) is 37.7 Å². The minimum absolute atomic E-state index is 0.417. The number of unbranched alkanes of at least 4 members (excludes halogenated alkanes) is 1. The van der Waals surface area contributed by atoms with Gasteiger partial charge in [0.15, 0.2) is 0 Å². The Balaban J connectivity index is 3.67. The topological polar surface area (TPSA) is 12.5 Å². The normalized spacial score (nSPS) is 13.8. The second kappa shape index (κ2) is 9.17. The standard InChI is InChI=1S/C13H29NO/c1-6-8-9-15-13(7-2)11-14(5)10-12(3)4/h12-13H,6-11H2,1-5H3. The monoisotopic (exact) mass is 215 g/mol. The zero-order valence-electron chi connectivity index (χ0n) is 11.3. The summed E-state index contributed by atoms with van der Waals surface area (Å²) in [6.07, 6.45) is 3.94. The fraction of sp³-hybridized carbons (Fsp3) is 1.00. The number of nitrogens with zero attached hydrogens (tertiary/aromatic N) is 1. The van der Waals surface area contributed by atoms with Gasteiger partial charge in [0.2, 0.25) is 0 Å². The molecule has 2 nitrogen and oxygen atoms in total. The van der Waals surface area contributed by atoms with Crippen LogP contribution in [0, 0.1) is 5.92 Å². The molecule has 0 bridgehead atoms. The van der Waals surface area contributed by atoms with E-state index in [0.29, 0.717) is 6.10 Å². The number of ether oxygens (including phenoxy) is 1. The lowest BCUT2D eigenvalue weighted by molar-refractivity contribution is 0.0257. The molecule has 0 N–H and O–H groups in total. The second-order valence-electron chi connectivity index (χ2n) is 4.87. The molecule has 0 rings (SSSR count). The summed E-state index contributed by atoms with van der Waals surface area (Å²) in [4.78, 5) is 2.38. The first-order valence-corrected chi connectivity index (χ1v) is 6.40. The minimum atomic E-state index is 0.417. The minimum Gasteiger partial charge on any atom is -0.377 e. The van der Waals surface area contributed by atoms with E-state index < -0.39 is 0 Å². The van der Waals surface area contributed by atoms with Crippen molar-refractivity contribution in [3.63, 3.8) is 0 Å². The summed E-state index contributed by atoms with van der Waals surface area (Å²) in [7, 11) is 2.19. The van der Waals surface area contributed by atoms with Gasteiger partial charge in [0, 0.05) is 19.7 Å². The highest BCUT2D eigenvalue weighted by Crippen LogP contribution is 2.04. The molecule has 0 spiro atoms. The third kappa shape index (κ3) is 8.88. The van der Waals surface area contributed by atoms with Crippen LogP contribution < -0.4 is 0 Å². The molecular weight excluding hydrogens is 186 g/mol. The number of hydrogen-bond donors (Lipinski definition) is 0. The molecule has 0 fully saturated rings. The van der Waals surface area contributed by atoms with Gasteiger partial charge in [0.05, 0.1) is 6.10 Å². The average molecular weight is 215 g/mol. The van der Waals surface area contributed by atoms with Crippen LogP contribution in [0.3, 0.4) is 0 Å². The summed E-state index contributed by atoms with van der Waals surface area (Å²) in [6, 6.07) is 0. The first-order chi connectivity index (χ1) is 7.10. The molecule has 0 aromatic carbocycles. The lowest BCUT2D eigenvalue weighted by Crippen LogP contribution is -2.33. The van der Waals surface area contributed by atoms with Crippen molar-refractivity contribution in [2.45, 2.75) is 53.1 Å². The van der Waals surface area contributed by atoms with Crippen LogP contribution in [0.1, 0.15) is 47.0 Å². The Morgan fingerprint density at radius 1 is 1.13 bits per heavy atom. The van der Waals surface area contributed by atoms with Crippen molar-refractivity contribution in [3.8, 4) is 0 Å². The third-order valence-electron chi connectivity index (χ3n) is 2.50. The molecule has 0 aromatic rings. The van der Waals surface area contributed by atoms with Crippen molar-refractivity contribution in [1.29, 1.82) is 0 Å². The van der Waals surface area contributed by atoms with Gasteiger partial charge >= 0.3 is 0 Å². The molecule has 0 amide bonds. The van der Waals surface area contributed by atoms with Gasteiger partial charge in [-0.25, -0.2) is 0 Å². The maximum atomic E-state index is 5.84. The first kappa shape index (κ1) is 14.9. The summed E-state index contributed by atoms with van der Waals surface area (Å²) >= 11 is 0. The van der Waals surface area contributed by atoms with Gasteiger partial charge in [-0.15, -0.1) is 0 Å². The first-order valence-electron chi connectivity index (χ1n) is 6.40. The molecule has 0 aliphatic rings. The zero-order valence-corrected chi connectivity index (χ0v) is 11.3. The second-order valence-corrected chi connectivity index (χ2v) is 4.87. The lowest BCUT2D eigenvalue weighted by atomic mass is 10.2. The number of hydrogen-bond acceptors (Lipinski definition) is 2. The highest BCUT2D eigenvalue weighted by molar-refractivity contribution is 4.63. The van der Waals surface area contributed by atoms with Gasteiger partial charge < -0.3 is 9.64 Å². The van der Waals surface area contributed by atoms with E-state index in [4.69, 9.17) is 4.74 Å². The summed E-state index contributed by atoms with van der Waals surface area (Å²) in [5.41, 5.74) is 0. The van der Waals surface area contributed by atoms with Crippen LogP contribution in [0.25, 0.3) is 0 Å². The quantitative estimate of drug-likeness (QED) is 0.548. The highest BCUT2D eigenvalue weighted by atomic mass is 16.5. The molecule has 0 aliphatic heterocycles. The molecule has 1 unspecified atom stereocenters. The van der Waals surface area contributed by atoms with Crippen molar-refractivity contribution in [3.05, 3.63) is 0 Å². The SMILES string of the molecule is CCCCOC(CC)CN(C)CC(C)C. The summed E-state index contributed by atoms with van der Waals surface area (Å²) in [5, 5.41) is 0. The van der Waals surface area contributed by atoms with Crippen LogP contribution in [-0.2, 0) is 4.74 Å². The molecule has 92 valence electrons. The van der Waals surface area contributed by atoms with Crippen molar-refractivity contribution >= 4 is 0 Å². The Morgan fingerprint density at radius 2 is 1.80 bits per heavy atom. The third-order valence-corrected chi connectivity index (χ3v) is 2.50. The zero-order chi connectivity index (χ0) is 11.7. The summed E-state index contributed by atoms with van der Waals surface area (Å²) in [5.74, 6) is 0.739. The molecule has 2 heteroatoms. The molecule has 1 atom stereocenters. The predicted octanol–water partition coefficient (Wildman–Crippen LogP) is 3.17. The Hall–Kier alpha value is -0.0800. The van der Waals surface area contributed by atoms with Crippen LogP contribution in [0.4, 0.5) is 0 Å². The molecule has 0 radical (unpaired) electrons. The Labute approximate surface area is 96.0 Å². The predicted molar refractivity (Wildman–Crippen MR) is 67.3 cm³/mol. The largest absolute Gasteiger partial charge is 0.377 e. The maximum absolute atomic E-state index is 5.84. The van der Waals surface area contributed by atoms with Gasteiger partial charge in [0.1, 0.15) is 0 Å². The molecule has 0 aromatic heterocycles. The van der Waals surface area contributed by atoms with Crippen molar-refractivity contribution < 1.29 is 4.74 Å². The van der Waals surface area contributed by atoms with Crippen LogP contribution in [0.5, 0.6) is 0 Å². The van der Waals surface area contributed by atoms with E-state index in [-0.39, 0.29) is 0 Å². The lowest BCUT2D eigenvalue weighted by Gasteiger charge is -2.24. The Bertz CT molecular complexity index is 136. The number of rotatable bonds is 9. The fourth-order valence-electron chi connectivity index (χ4n) is 1.74. The summed E-state index contributed by atoms with van der Waals surface area (Å²) in [6.45, 7) is 12.1. The van der Waals surface area contributed by atoms with Crippen LogP contribution in [0.15, 0.2) is 0 Å². The average Bonchev–Trinajstić information content (AvgIpc) is 2.15.